The number of alkyl halides is 2. The van der Waals surface area contributed by atoms with Crippen molar-refractivity contribution in [3.05, 3.63) is 71.9 Å². The van der Waals surface area contributed by atoms with Gasteiger partial charge in [-0.3, -0.25) is 9.78 Å². The van der Waals surface area contributed by atoms with Gasteiger partial charge in [-0.1, -0.05) is 18.2 Å². The minimum absolute atomic E-state index is 0.0707. The Kier molecular flexibility index (Phi) is 5.95. The van der Waals surface area contributed by atoms with E-state index in [1.54, 1.807) is 36.4 Å². The molecule has 1 aromatic carbocycles. The van der Waals surface area contributed by atoms with Gasteiger partial charge in [-0.05, 0) is 37.1 Å². The first-order chi connectivity index (χ1) is 16.4. The predicted octanol–water partition coefficient (Wildman–Crippen LogP) is 5.23. The lowest BCUT2D eigenvalue weighted by Gasteiger charge is -2.23. The molecule has 2 saturated heterocycles. The van der Waals surface area contributed by atoms with Crippen molar-refractivity contribution in [3.8, 4) is 11.1 Å². The van der Waals surface area contributed by atoms with Gasteiger partial charge < -0.3 is 15.0 Å². The van der Waals surface area contributed by atoms with Crippen LogP contribution in [0.2, 0.25) is 0 Å². The van der Waals surface area contributed by atoms with Crippen LogP contribution in [0.5, 0.6) is 0 Å². The van der Waals surface area contributed by atoms with E-state index in [2.05, 4.69) is 15.3 Å². The van der Waals surface area contributed by atoms with Crippen LogP contribution in [0, 0.1) is 5.82 Å². The van der Waals surface area contributed by atoms with Gasteiger partial charge in [0.1, 0.15) is 5.82 Å². The van der Waals surface area contributed by atoms with Gasteiger partial charge >= 0.3 is 0 Å². The molecule has 2 aromatic heterocycles. The molecule has 3 aromatic rings. The molecule has 5 rings (SSSR count). The van der Waals surface area contributed by atoms with Gasteiger partial charge in [0, 0.05) is 43.1 Å². The van der Waals surface area contributed by atoms with Gasteiger partial charge in [0.25, 0.3) is 11.8 Å². The maximum Gasteiger partial charge on any atom is 0.266 e. The van der Waals surface area contributed by atoms with Crippen LogP contribution in [0.25, 0.3) is 11.1 Å². The van der Waals surface area contributed by atoms with Crippen molar-refractivity contribution in [2.45, 2.75) is 31.3 Å². The summed E-state index contributed by atoms with van der Waals surface area (Å²) in [5.41, 5.74) is 1.80. The van der Waals surface area contributed by atoms with E-state index >= 15 is 0 Å². The smallest absolute Gasteiger partial charge is 0.266 e. The fourth-order valence-electron chi connectivity index (χ4n) is 4.36. The van der Waals surface area contributed by atoms with Gasteiger partial charge in [0.2, 0.25) is 0 Å². The third-order valence-corrected chi connectivity index (χ3v) is 6.11. The molecule has 1 amide bonds. The van der Waals surface area contributed by atoms with E-state index in [4.69, 9.17) is 4.74 Å². The molecule has 2 fully saturated rings. The molecule has 0 aliphatic carbocycles. The van der Waals surface area contributed by atoms with Crippen molar-refractivity contribution in [2.24, 2.45) is 0 Å². The summed E-state index contributed by atoms with van der Waals surface area (Å²) < 4.78 is 48.2. The third-order valence-electron chi connectivity index (χ3n) is 6.11. The van der Waals surface area contributed by atoms with Gasteiger partial charge in [-0.2, -0.15) is 0 Å². The molecule has 2 aliphatic rings. The quantitative estimate of drug-likeness (QED) is 0.555. The molecule has 1 N–H and O–H groups in total. The number of halogens is 3. The lowest BCUT2D eigenvalue weighted by Crippen LogP contribution is -2.27. The topological polar surface area (TPSA) is 67.4 Å². The van der Waals surface area contributed by atoms with Gasteiger partial charge in [-0.25, -0.2) is 18.2 Å². The number of rotatable bonds is 5. The van der Waals surface area contributed by atoms with Crippen molar-refractivity contribution in [1.82, 2.24) is 9.97 Å². The van der Waals surface area contributed by atoms with Gasteiger partial charge in [-0.15, -0.1) is 0 Å². The Balaban J connectivity index is 1.49. The number of aromatic nitrogens is 2. The summed E-state index contributed by atoms with van der Waals surface area (Å²) in [4.78, 5) is 23.2. The second-order valence-electron chi connectivity index (χ2n) is 8.49. The first-order valence-corrected chi connectivity index (χ1v) is 11.2. The largest absolute Gasteiger partial charge is 0.372 e. The van der Waals surface area contributed by atoms with E-state index in [1.165, 1.54) is 23.4 Å². The van der Waals surface area contributed by atoms with Crippen LogP contribution in [0.15, 0.2) is 54.9 Å². The molecule has 1 atom stereocenters. The highest BCUT2D eigenvalue weighted by molar-refractivity contribution is 6.08. The van der Waals surface area contributed by atoms with Crippen LogP contribution in [-0.2, 0) is 4.74 Å². The van der Waals surface area contributed by atoms with Crippen molar-refractivity contribution in [3.63, 3.8) is 0 Å². The summed E-state index contributed by atoms with van der Waals surface area (Å²) in [6.07, 6.45) is 4.33. The number of nitrogens with zero attached hydrogens (tertiary/aromatic N) is 3. The van der Waals surface area contributed by atoms with Crippen molar-refractivity contribution in [2.75, 3.05) is 29.9 Å². The Morgan fingerprint density at radius 3 is 2.65 bits per heavy atom. The zero-order chi connectivity index (χ0) is 23.7. The van der Waals surface area contributed by atoms with Crippen LogP contribution in [-0.4, -0.2) is 41.5 Å². The number of nitrogens with one attached hydrogen (secondary N) is 1. The standard InChI is InChI=1S/C25H23F3N4O2/c26-19-5-2-1-4-17(19)18-9-11-29-23(32-12-10-25(27,28)15-32)22(18)31-24(33)16-7-8-20(30-14-16)21-6-3-13-34-21/h1-2,4-5,7-9,11,14,21H,3,6,10,12-13,15H2,(H,31,33). The summed E-state index contributed by atoms with van der Waals surface area (Å²) in [5, 5.41) is 2.79. The number of amides is 1. The molecule has 176 valence electrons. The average Bonchev–Trinajstić information content (AvgIpc) is 3.49. The highest BCUT2D eigenvalue weighted by Gasteiger charge is 2.40. The van der Waals surface area contributed by atoms with E-state index in [0.29, 0.717) is 12.2 Å². The maximum atomic E-state index is 14.7. The number of pyridine rings is 2. The second kappa shape index (κ2) is 9.06. The second-order valence-corrected chi connectivity index (χ2v) is 8.49. The van der Waals surface area contributed by atoms with Crippen LogP contribution < -0.4 is 10.2 Å². The lowest BCUT2D eigenvalue weighted by atomic mass is 10.0. The number of carbonyl (C=O) groups is 1. The zero-order valence-corrected chi connectivity index (χ0v) is 18.3. The Labute approximate surface area is 194 Å². The Morgan fingerprint density at radius 2 is 1.97 bits per heavy atom. The van der Waals surface area contributed by atoms with Crippen LogP contribution in [0.4, 0.5) is 24.7 Å². The number of anilines is 2. The summed E-state index contributed by atoms with van der Waals surface area (Å²) in [5.74, 6) is -3.68. The first kappa shape index (κ1) is 22.3. The molecule has 6 nitrogen and oxygen atoms in total. The van der Waals surface area contributed by atoms with E-state index in [0.717, 1.165) is 18.5 Å². The molecule has 0 spiro atoms. The number of carbonyl (C=O) groups excluding carboxylic acids is 1. The molecule has 34 heavy (non-hydrogen) atoms. The van der Waals surface area contributed by atoms with Crippen molar-refractivity contribution in [1.29, 1.82) is 0 Å². The monoisotopic (exact) mass is 468 g/mol. The molecular formula is C25H23F3N4O2. The number of hydrogen-bond acceptors (Lipinski definition) is 5. The summed E-state index contributed by atoms with van der Waals surface area (Å²) >= 11 is 0. The summed E-state index contributed by atoms with van der Waals surface area (Å²) in [7, 11) is 0. The first-order valence-electron chi connectivity index (χ1n) is 11.2. The zero-order valence-electron chi connectivity index (χ0n) is 18.3. The summed E-state index contributed by atoms with van der Waals surface area (Å²) in [6.45, 7) is 0.231. The highest BCUT2D eigenvalue weighted by Crippen LogP contribution is 2.39. The average molecular weight is 468 g/mol. The lowest BCUT2D eigenvalue weighted by molar-refractivity contribution is 0.0257. The summed E-state index contributed by atoms with van der Waals surface area (Å²) in [6, 6.07) is 11.0. The van der Waals surface area contributed by atoms with E-state index in [9.17, 15) is 18.0 Å². The molecular weight excluding hydrogens is 445 g/mol. The molecule has 0 bridgehead atoms. The fraction of sp³-hybridized carbons (Fsp3) is 0.320. The minimum Gasteiger partial charge on any atom is -0.372 e. The van der Waals surface area contributed by atoms with Gasteiger partial charge in [0.15, 0.2) is 5.82 Å². The van der Waals surface area contributed by atoms with Crippen LogP contribution in [0.1, 0.15) is 41.4 Å². The SMILES string of the molecule is O=C(Nc1c(-c2ccccc2F)ccnc1N1CCC(F)(F)C1)c1ccc(C2CCCO2)nc1. The van der Waals surface area contributed by atoms with Crippen molar-refractivity contribution < 1.29 is 22.7 Å². The molecule has 2 aliphatic heterocycles. The van der Waals surface area contributed by atoms with E-state index in [-0.39, 0.29) is 41.7 Å². The molecule has 0 radical (unpaired) electrons. The molecule has 0 saturated carbocycles. The molecule has 4 heterocycles. The highest BCUT2D eigenvalue weighted by atomic mass is 19.3. The van der Waals surface area contributed by atoms with Crippen LogP contribution >= 0.6 is 0 Å². The third kappa shape index (κ3) is 4.48. The minimum atomic E-state index is -2.86. The van der Waals surface area contributed by atoms with E-state index in [1.807, 2.05) is 0 Å². The van der Waals surface area contributed by atoms with E-state index < -0.39 is 24.2 Å². The Bertz CT molecular complexity index is 1200. The van der Waals surface area contributed by atoms with Crippen LogP contribution in [0.3, 0.4) is 0 Å². The normalized spacial score (nSPS) is 19.4. The fourth-order valence-corrected chi connectivity index (χ4v) is 4.36. The Hall–Kier alpha value is -3.46. The molecule has 1 unspecified atom stereocenters. The van der Waals surface area contributed by atoms with Crippen molar-refractivity contribution >= 4 is 17.4 Å². The maximum absolute atomic E-state index is 14.7. The number of hydrogen-bond donors (Lipinski definition) is 1. The predicted molar refractivity (Wildman–Crippen MR) is 122 cm³/mol. The Morgan fingerprint density at radius 1 is 1.12 bits per heavy atom. The number of benzene rings is 1. The number of ether oxygens (including phenoxy) is 1. The van der Waals surface area contributed by atoms with Gasteiger partial charge in [0.05, 0.1) is 29.6 Å². The molecule has 9 heteroatoms.